The largest absolute Gasteiger partial charge is 0.481 e. The second-order valence-corrected chi connectivity index (χ2v) is 19.8. The Labute approximate surface area is 468 Å². The van der Waals surface area contributed by atoms with Gasteiger partial charge >= 0.3 is 5.97 Å². The van der Waals surface area contributed by atoms with E-state index in [1.807, 2.05) is 6.92 Å². The van der Waals surface area contributed by atoms with Gasteiger partial charge in [0.1, 0.15) is 73.2 Å². The normalized spacial score (nSPS) is 28.4. The Morgan fingerprint density at radius 1 is 0.444 bits per heavy atom. The smallest absolute Gasteiger partial charge is 0.303 e. The Balaban J connectivity index is 1.53. The molecule has 3 aliphatic heterocycles. The van der Waals surface area contributed by atoms with Crippen LogP contribution in [0.3, 0.4) is 0 Å². The number of aliphatic hydroxyl groups excluding tert-OH is 10. The summed E-state index contributed by atoms with van der Waals surface area (Å²) in [5.41, 5.74) is 0. The van der Waals surface area contributed by atoms with E-state index in [-0.39, 0.29) is 70.0 Å². The summed E-state index contributed by atoms with van der Waals surface area (Å²) in [6.07, 6.45) is -20.5. The molecule has 0 unspecified atom stereocenters. The average molecular weight is 1170 g/mol. The Morgan fingerprint density at radius 2 is 0.877 bits per heavy atom. The number of nitrogens with one attached hydrogen (secondary N) is 7. The highest BCUT2D eigenvalue weighted by Gasteiger charge is 2.52. The average Bonchev–Trinajstić information content (AvgIpc) is 3.44. The van der Waals surface area contributed by atoms with Crippen LogP contribution in [-0.4, -0.2) is 293 Å². The molecular weight excluding hydrogens is 1080 g/mol. The van der Waals surface area contributed by atoms with Crippen LogP contribution in [0.15, 0.2) is 0 Å². The van der Waals surface area contributed by atoms with Gasteiger partial charge in [0.15, 0.2) is 18.9 Å². The molecular formula is C49H88N8O24. The minimum absolute atomic E-state index is 0.0665. The number of unbranched alkanes of at least 4 members (excludes halogenated alkanes) is 6. The van der Waals surface area contributed by atoms with Gasteiger partial charge in [0, 0.05) is 52.1 Å². The number of carboxylic acid groups (broad SMARTS) is 1. The van der Waals surface area contributed by atoms with Gasteiger partial charge in [-0.1, -0.05) is 12.8 Å². The summed E-state index contributed by atoms with van der Waals surface area (Å²) >= 11 is 0. The van der Waals surface area contributed by atoms with Crippen LogP contribution >= 0.6 is 0 Å². The Kier molecular flexibility index (Phi) is 34.3. The lowest BCUT2D eigenvalue weighted by atomic mass is 9.96. The predicted molar refractivity (Wildman–Crippen MR) is 276 cm³/mol. The van der Waals surface area contributed by atoms with E-state index in [0.29, 0.717) is 83.8 Å². The zero-order valence-corrected chi connectivity index (χ0v) is 45.7. The van der Waals surface area contributed by atoms with Crippen molar-refractivity contribution in [1.82, 2.24) is 42.1 Å². The van der Waals surface area contributed by atoms with Crippen LogP contribution in [0.2, 0.25) is 0 Å². The van der Waals surface area contributed by atoms with Crippen molar-refractivity contribution < 1.29 is 118 Å². The number of ether oxygens (including phenoxy) is 6. The number of hydrogen-bond donors (Lipinski definition) is 18. The summed E-state index contributed by atoms with van der Waals surface area (Å²) in [5.74, 6) is -3.20. The van der Waals surface area contributed by atoms with Crippen molar-refractivity contribution in [2.75, 3.05) is 98.4 Å². The van der Waals surface area contributed by atoms with Crippen molar-refractivity contribution in [2.24, 2.45) is 0 Å². The van der Waals surface area contributed by atoms with E-state index in [1.54, 1.807) is 0 Å². The number of hydrogen-bond acceptors (Lipinski definition) is 25. The quantitative estimate of drug-likeness (QED) is 0.0253. The van der Waals surface area contributed by atoms with Gasteiger partial charge in [-0.15, -0.1) is 0 Å². The zero-order valence-electron chi connectivity index (χ0n) is 45.7. The second kappa shape index (κ2) is 39.2. The van der Waals surface area contributed by atoms with Crippen LogP contribution in [0.25, 0.3) is 0 Å². The van der Waals surface area contributed by atoms with Gasteiger partial charge in [-0.25, -0.2) is 0 Å². The molecule has 468 valence electrons. The Morgan fingerprint density at radius 3 is 1.37 bits per heavy atom. The van der Waals surface area contributed by atoms with E-state index in [1.165, 1.54) is 4.90 Å². The van der Waals surface area contributed by atoms with Gasteiger partial charge in [-0.2, -0.15) is 0 Å². The number of nitrogens with zero attached hydrogens (tertiary/aromatic N) is 1. The summed E-state index contributed by atoms with van der Waals surface area (Å²) in [6.45, 7) is -0.745. The number of rotatable bonds is 40. The van der Waals surface area contributed by atoms with Crippen LogP contribution in [0.4, 0.5) is 0 Å². The summed E-state index contributed by atoms with van der Waals surface area (Å²) in [4.78, 5) is 87.2. The molecule has 0 saturated carbocycles. The Hall–Kier alpha value is -4.43. The molecule has 81 heavy (non-hydrogen) atoms. The summed E-state index contributed by atoms with van der Waals surface area (Å²) in [6, 6.07) is 0. The van der Waals surface area contributed by atoms with Crippen molar-refractivity contribution in [1.29, 1.82) is 0 Å². The fourth-order valence-electron chi connectivity index (χ4n) is 8.58. The minimum Gasteiger partial charge on any atom is -0.481 e. The molecule has 3 fully saturated rings. The minimum atomic E-state index is -1.97. The summed E-state index contributed by atoms with van der Waals surface area (Å²) in [7, 11) is 0. The van der Waals surface area contributed by atoms with Crippen LogP contribution in [0.5, 0.6) is 0 Å². The molecule has 3 saturated heterocycles. The molecule has 15 atom stereocenters. The maximum atomic E-state index is 13.3. The van der Waals surface area contributed by atoms with Crippen molar-refractivity contribution in [2.45, 2.75) is 170 Å². The molecule has 0 radical (unpaired) electrons. The van der Waals surface area contributed by atoms with Gasteiger partial charge < -0.3 is 116 Å². The third-order valence-electron chi connectivity index (χ3n) is 13.1. The first kappa shape index (κ1) is 70.8. The SMILES string of the molecule is CCNC(=O)CCCCCNC(=O)CN(CC(=O)NCCCCCNC(=O)CNCC(=O)NCCCCCC(=O)O)CC(=O)NCCO[C@H]1O[C@H](CO[C@H]2O[C@H](CO)[C@@H](O)[C@H](O)[C@@H]2O)[C@@H](O)[C@H](O[C@H]2O[C@H](CO)[C@@H](O)[C@H](O)[C@@H]2O)[C@@H]1O. The number of amides is 6. The first-order chi connectivity index (χ1) is 38.7. The number of aliphatic carboxylic acids is 1. The van der Waals surface area contributed by atoms with Crippen molar-refractivity contribution >= 4 is 41.4 Å². The fourth-order valence-corrected chi connectivity index (χ4v) is 8.58. The van der Waals surface area contributed by atoms with Gasteiger partial charge in [-0.3, -0.25) is 43.8 Å². The maximum Gasteiger partial charge on any atom is 0.303 e. The van der Waals surface area contributed by atoms with Gasteiger partial charge in [0.05, 0.1) is 59.2 Å². The molecule has 32 nitrogen and oxygen atoms in total. The first-order valence-corrected chi connectivity index (χ1v) is 27.5. The molecule has 3 rings (SSSR count). The van der Waals surface area contributed by atoms with Crippen molar-refractivity contribution in [3.63, 3.8) is 0 Å². The highest BCUT2D eigenvalue weighted by atomic mass is 16.7. The van der Waals surface area contributed by atoms with Crippen molar-refractivity contribution in [3.05, 3.63) is 0 Å². The van der Waals surface area contributed by atoms with Crippen molar-refractivity contribution in [3.8, 4) is 0 Å². The van der Waals surface area contributed by atoms with E-state index in [0.717, 1.165) is 0 Å². The topological polar surface area (TPSA) is 485 Å². The van der Waals surface area contributed by atoms with Crippen LogP contribution in [0.1, 0.15) is 77.6 Å². The van der Waals surface area contributed by atoms with E-state index < -0.39 is 149 Å². The molecule has 32 heteroatoms. The van der Waals surface area contributed by atoms with E-state index >= 15 is 0 Å². The zero-order chi connectivity index (χ0) is 59.9. The van der Waals surface area contributed by atoms with Crippen LogP contribution in [-0.2, 0) is 62.0 Å². The molecule has 3 aliphatic rings. The molecule has 6 amide bonds. The number of aliphatic hydroxyl groups is 10. The predicted octanol–water partition coefficient (Wildman–Crippen LogP) is -8.56. The van der Waals surface area contributed by atoms with E-state index in [9.17, 15) is 84.6 Å². The third-order valence-corrected chi connectivity index (χ3v) is 13.1. The molecule has 0 spiro atoms. The lowest BCUT2D eigenvalue weighted by Gasteiger charge is -2.46. The monoisotopic (exact) mass is 1170 g/mol. The lowest BCUT2D eigenvalue weighted by Crippen LogP contribution is -2.65. The van der Waals surface area contributed by atoms with Crippen LogP contribution in [0, 0.1) is 0 Å². The highest BCUT2D eigenvalue weighted by molar-refractivity contribution is 5.84. The highest BCUT2D eigenvalue weighted by Crippen LogP contribution is 2.31. The van der Waals surface area contributed by atoms with Gasteiger partial charge in [0.2, 0.25) is 35.4 Å². The summed E-state index contributed by atoms with van der Waals surface area (Å²) < 4.78 is 33.6. The van der Waals surface area contributed by atoms with Gasteiger partial charge in [0.25, 0.3) is 0 Å². The van der Waals surface area contributed by atoms with Crippen LogP contribution < -0.4 is 37.2 Å². The fraction of sp³-hybridized carbons (Fsp3) is 0.857. The summed E-state index contributed by atoms with van der Waals surface area (Å²) in [5, 5.41) is 132. The lowest BCUT2D eigenvalue weighted by molar-refractivity contribution is -0.366. The third kappa shape index (κ3) is 26.4. The molecule has 0 aromatic carbocycles. The number of carbonyl (C=O) groups is 7. The molecule has 0 aromatic rings. The molecule has 3 heterocycles. The van der Waals surface area contributed by atoms with E-state index in [2.05, 4.69) is 37.2 Å². The standard InChI is InChI=1S/C49H88N8O24/c1-2-51-31(60)12-6-3-8-16-54-34(63)22-57(23-35(64)55-17-11-5-10-15-53-33(62)21-50-20-32(61)52-14-9-4-7-13-37(66)67)24-36(65)56-18-19-76-48-45(75)46(81-49-44(74)42(72)39(69)29(26-59)79-49)40(70)30(80-48)27-77-47-43(73)41(71)38(68)28(25-58)78-47/h28-30,38-50,58-59,68-75H,2-27H2,1H3,(H,51,60)(H,52,61)(H,53,62)(H,54,63)(H,55,64)(H,56,65)(H,66,67)/t28-,29-,30-,38-,39-,40-,41+,42+,43+,44+,45+,46+,47+,48+,49-/m1/s1. The second-order valence-electron chi connectivity index (χ2n) is 19.8. The molecule has 0 bridgehead atoms. The van der Waals surface area contributed by atoms with E-state index in [4.69, 9.17) is 33.5 Å². The van der Waals surface area contributed by atoms with Gasteiger partial charge in [-0.05, 0) is 51.9 Å². The number of carboxylic acids is 1. The molecule has 18 N–H and O–H groups in total. The maximum absolute atomic E-state index is 13.3. The molecule has 0 aromatic heterocycles. The number of carbonyl (C=O) groups excluding carboxylic acids is 6. The Bertz CT molecular complexity index is 1880. The first-order valence-electron chi connectivity index (χ1n) is 27.5. The molecule has 0 aliphatic carbocycles.